The molecule has 1 amide bonds. The minimum absolute atomic E-state index is 0.00626. The molecule has 7 heteroatoms. The molecule has 7 nitrogen and oxygen atoms in total. The number of hydrogen-bond acceptors (Lipinski definition) is 5. The number of carbonyl (C=O) groups is 1. The standard InChI is InChI=1S/C23H28N6O/c1-29-13-14(5-8-22(30)26-21-7-6-16(11-24)27-28-21)9-18-17-3-2-4-19-23(17)15(12-25-19)10-20(18)29/h2-4,6-7,12,14,18,20,25H,5,8-11,13,24H2,1H3,(H,26,28,30)/t14-,18?,20-/m1/s1. The molecule has 0 spiro atoms. The molecule has 156 valence electrons. The second-order valence-corrected chi connectivity index (χ2v) is 8.70. The van der Waals surface area contributed by atoms with Crippen LogP contribution < -0.4 is 11.1 Å². The Morgan fingerprint density at radius 1 is 1.30 bits per heavy atom. The number of carbonyl (C=O) groups excluding carboxylic acids is 1. The molecule has 0 saturated carbocycles. The summed E-state index contributed by atoms with van der Waals surface area (Å²) in [6.45, 7) is 1.38. The minimum atomic E-state index is -0.00626. The third-order valence-corrected chi connectivity index (χ3v) is 6.79. The summed E-state index contributed by atoms with van der Waals surface area (Å²) in [5.74, 6) is 1.51. The van der Waals surface area contributed by atoms with Crippen LogP contribution in [0.1, 0.15) is 42.0 Å². The second-order valence-electron chi connectivity index (χ2n) is 8.70. The molecular formula is C23H28N6O. The van der Waals surface area contributed by atoms with Gasteiger partial charge in [-0.05, 0) is 61.6 Å². The Morgan fingerprint density at radius 2 is 2.20 bits per heavy atom. The molecule has 4 N–H and O–H groups in total. The first-order chi connectivity index (χ1) is 14.6. The minimum Gasteiger partial charge on any atom is -0.361 e. The van der Waals surface area contributed by atoms with Crippen molar-refractivity contribution in [1.82, 2.24) is 20.1 Å². The van der Waals surface area contributed by atoms with Crippen LogP contribution in [0.15, 0.2) is 36.5 Å². The predicted octanol–water partition coefficient (Wildman–Crippen LogP) is 2.80. The van der Waals surface area contributed by atoms with Gasteiger partial charge in [0, 0.05) is 48.6 Å². The maximum absolute atomic E-state index is 12.4. The number of fused-ring (bicyclic) bond motifs is 2. The molecule has 5 rings (SSSR count). The normalized spacial score (nSPS) is 23.3. The van der Waals surface area contributed by atoms with Gasteiger partial charge >= 0.3 is 0 Å². The van der Waals surface area contributed by atoms with Crippen LogP contribution in [0, 0.1) is 5.92 Å². The van der Waals surface area contributed by atoms with E-state index in [9.17, 15) is 4.79 Å². The molecule has 3 atom stereocenters. The monoisotopic (exact) mass is 404 g/mol. The second kappa shape index (κ2) is 7.81. The van der Waals surface area contributed by atoms with Gasteiger partial charge in [-0.2, -0.15) is 5.10 Å². The fourth-order valence-corrected chi connectivity index (χ4v) is 5.34. The molecular weight excluding hydrogens is 376 g/mol. The highest BCUT2D eigenvalue weighted by Gasteiger charge is 2.39. The number of nitrogens with two attached hydrogens (primary N) is 1. The molecule has 1 fully saturated rings. The van der Waals surface area contributed by atoms with E-state index in [0.29, 0.717) is 42.4 Å². The number of aromatic amines is 1. The number of H-pyrrole nitrogens is 1. The van der Waals surface area contributed by atoms with E-state index in [4.69, 9.17) is 5.73 Å². The molecule has 3 aromatic rings. The van der Waals surface area contributed by atoms with Crippen LogP contribution in [0.2, 0.25) is 0 Å². The summed E-state index contributed by atoms with van der Waals surface area (Å²) in [5, 5.41) is 12.3. The zero-order chi connectivity index (χ0) is 20.7. The summed E-state index contributed by atoms with van der Waals surface area (Å²) in [6.07, 6.45) is 5.79. The van der Waals surface area contributed by atoms with Crippen molar-refractivity contribution in [2.45, 2.75) is 44.2 Å². The smallest absolute Gasteiger partial charge is 0.225 e. The summed E-state index contributed by atoms with van der Waals surface area (Å²) in [7, 11) is 2.23. The molecule has 1 saturated heterocycles. The molecule has 30 heavy (non-hydrogen) atoms. The third kappa shape index (κ3) is 3.48. The number of aromatic nitrogens is 3. The molecule has 0 radical (unpaired) electrons. The van der Waals surface area contributed by atoms with Crippen molar-refractivity contribution in [1.29, 1.82) is 0 Å². The Kier molecular flexibility index (Phi) is 5.00. The molecule has 2 aliphatic rings. The van der Waals surface area contributed by atoms with Gasteiger partial charge in [0.1, 0.15) is 0 Å². The third-order valence-electron chi connectivity index (χ3n) is 6.79. The van der Waals surface area contributed by atoms with Gasteiger partial charge in [0.25, 0.3) is 0 Å². The zero-order valence-corrected chi connectivity index (χ0v) is 17.3. The van der Waals surface area contributed by atoms with Crippen molar-refractivity contribution < 1.29 is 4.79 Å². The lowest BCUT2D eigenvalue weighted by molar-refractivity contribution is -0.116. The summed E-state index contributed by atoms with van der Waals surface area (Å²) < 4.78 is 0. The molecule has 3 heterocycles. The van der Waals surface area contributed by atoms with Crippen molar-refractivity contribution in [2.24, 2.45) is 11.7 Å². The number of amides is 1. The van der Waals surface area contributed by atoms with Crippen LogP contribution in [0.25, 0.3) is 10.9 Å². The van der Waals surface area contributed by atoms with Gasteiger partial charge in [0.15, 0.2) is 5.82 Å². The fourth-order valence-electron chi connectivity index (χ4n) is 5.34. The van der Waals surface area contributed by atoms with Gasteiger partial charge in [-0.3, -0.25) is 4.79 Å². The van der Waals surface area contributed by atoms with Gasteiger partial charge in [-0.15, -0.1) is 5.10 Å². The number of piperidine rings is 1. The average Bonchev–Trinajstić information content (AvgIpc) is 3.18. The number of benzene rings is 1. The van der Waals surface area contributed by atoms with Crippen LogP contribution in [0.4, 0.5) is 5.82 Å². The Bertz CT molecular complexity index is 1060. The average molecular weight is 405 g/mol. The number of nitrogens with zero attached hydrogens (tertiary/aromatic N) is 3. The summed E-state index contributed by atoms with van der Waals surface area (Å²) in [6, 6.07) is 10.7. The molecule has 0 bridgehead atoms. The first-order valence-electron chi connectivity index (χ1n) is 10.7. The van der Waals surface area contributed by atoms with Gasteiger partial charge in [-0.25, -0.2) is 0 Å². The maximum Gasteiger partial charge on any atom is 0.225 e. The highest BCUT2D eigenvalue weighted by Crippen LogP contribution is 2.44. The molecule has 1 aromatic carbocycles. The number of likely N-dealkylation sites (N-methyl/N-ethyl adjacent to an activating group) is 1. The van der Waals surface area contributed by atoms with Crippen LogP contribution in [0.5, 0.6) is 0 Å². The van der Waals surface area contributed by atoms with Crippen molar-refractivity contribution >= 4 is 22.6 Å². The Balaban J connectivity index is 1.24. The Labute approximate surface area is 176 Å². The summed E-state index contributed by atoms with van der Waals surface area (Å²) >= 11 is 0. The number of anilines is 1. The molecule has 2 aromatic heterocycles. The summed E-state index contributed by atoms with van der Waals surface area (Å²) in [4.78, 5) is 18.4. The SMILES string of the molecule is CN1C[C@H](CCC(=O)Nc2ccc(CN)nn2)CC2c3cccc4[nH]cc(c34)C[C@H]21. The van der Waals surface area contributed by atoms with Gasteiger partial charge in [0.05, 0.1) is 5.69 Å². The lowest BCUT2D eigenvalue weighted by Crippen LogP contribution is -2.47. The highest BCUT2D eigenvalue weighted by atomic mass is 16.1. The summed E-state index contributed by atoms with van der Waals surface area (Å²) in [5.41, 5.74) is 10.4. The first-order valence-corrected chi connectivity index (χ1v) is 10.7. The van der Waals surface area contributed by atoms with Crippen LogP contribution in [-0.2, 0) is 17.8 Å². The van der Waals surface area contributed by atoms with Gasteiger partial charge in [-0.1, -0.05) is 12.1 Å². The number of hydrogen-bond donors (Lipinski definition) is 3. The topological polar surface area (TPSA) is 99.9 Å². The van der Waals surface area contributed by atoms with Crippen LogP contribution in [0.3, 0.4) is 0 Å². The van der Waals surface area contributed by atoms with E-state index < -0.39 is 0 Å². The first kappa shape index (κ1) is 19.2. The van der Waals surface area contributed by atoms with Crippen LogP contribution >= 0.6 is 0 Å². The van der Waals surface area contributed by atoms with E-state index in [2.05, 4.69) is 56.8 Å². The largest absolute Gasteiger partial charge is 0.361 e. The van der Waals surface area contributed by atoms with Crippen molar-refractivity contribution in [3.05, 3.63) is 53.3 Å². The fraction of sp³-hybridized carbons (Fsp3) is 0.435. The van der Waals surface area contributed by atoms with E-state index in [0.717, 1.165) is 25.8 Å². The van der Waals surface area contributed by atoms with E-state index in [1.165, 1.54) is 22.0 Å². The lowest BCUT2D eigenvalue weighted by atomic mass is 9.71. The van der Waals surface area contributed by atoms with Gasteiger partial charge in [0.2, 0.25) is 5.91 Å². The van der Waals surface area contributed by atoms with E-state index in [1.54, 1.807) is 12.1 Å². The quantitative estimate of drug-likeness (QED) is 0.607. The van der Waals surface area contributed by atoms with Crippen molar-refractivity contribution in [2.75, 3.05) is 18.9 Å². The molecule has 1 aliphatic carbocycles. The van der Waals surface area contributed by atoms with Gasteiger partial charge < -0.3 is 20.9 Å². The molecule has 1 unspecified atom stereocenters. The van der Waals surface area contributed by atoms with Crippen molar-refractivity contribution in [3.63, 3.8) is 0 Å². The zero-order valence-electron chi connectivity index (χ0n) is 17.3. The lowest BCUT2D eigenvalue weighted by Gasteiger charge is -2.45. The number of nitrogens with one attached hydrogen (secondary N) is 2. The van der Waals surface area contributed by atoms with E-state index >= 15 is 0 Å². The van der Waals surface area contributed by atoms with E-state index in [-0.39, 0.29) is 5.91 Å². The Hall–Kier alpha value is -2.77. The van der Waals surface area contributed by atoms with E-state index in [1.807, 2.05) is 0 Å². The van der Waals surface area contributed by atoms with Crippen molar-refractivity contribution in [3.8, 4) is 0 Å². The number of rotatable bonds is 5. The maximum atomic E-state index is 12.4. The highest BCUT2D eigenvalue weighted by molar-refractivity contribution is 5.90. The predicted molar refractivity (Wildman–Crippen MR) is 117 cm³/mol. The number of likely N-dealkylation sites (tertiary alicyclic amines) is 1. The van der Waals surface area contributed by atoms with Crippen LogP contribution in [-0.4, -0.2) is 45.6 Å². The Morgan fingerprint density at radius 3 is 3.00 bits per heavy atom. The molecule has 1 aliphatic heterocycles.